The summed E-state index contributed by atoms with van der Waals surface area (Å²) < 4.78 is 14.1. The van der Waals surface area contributed by atoms with Crippen molar-refractivity contribution in [1.29, 1.82) is 0 Å². The molecule has 0 radical (unpaired) electrons. The molecule has 8 heteroatoms. The van der Waals surface area contributed by atoms with Crippen molar-refractivity contribution in [3.05, 3.63) is 57.3 Å². The molecule has 2 aromatic rings. The van der Waals surface area contributed by atoms with Crippen LogP contribution in [-0.2, 0) is 9.59 Å². The minimum Gasteiger partial charge on any atom is -0.481 e. The smallest absolute Gasteiger partial charge is 0.311 e. The topological polar surface area (TPSA) is 86.6 Å². The number of halogens is 3. The van der Waals surface area contributed by atoms with Crippen LogP contribution in [0.1, 0.15) is 23.5 Å². The first-order valence-corrected chi connectivity index (χ1v) is 7.91. The lowest BCUT2D eigenvalue weighted by atomic mass is 9.92. The number of nitrogens with one attached hydrogen (secondary N) is 1. The third kappa shape index (κ3) is 4.61. The summed E-state index contributed by atoms with van der Waals surface area (Å²) in [5, 5.41) is 21.3. The summed E-state index contributed by atoms with van der Waals surface area (Å²) in [6.45, 7) is 1.74. The lowest BCUT2D eigenvalue weighted by Gasteiger charge is -2.18. The van der Waals surface area contributed by atoms with Crippen molar-refractivity contribution in [1.82, 2.24) is 0 Å². The Kier molecular flexibility index (Phi) is 5.87. The summed E-state index contributed by atoms with van der Waals surface area (Å²) >= 11 is 11.7. The normalized spacial score (nSPS) is 11.8. The van der Waals surface area contributed by atoms with E-state index in [0.29, 0.717) is 0 Å². The number of aryl methyl sites for hydroxylation is 1. The molecular formula is C17H14Cl2FNO4. The van der Waals surface area contributed by atoms with Crippen LogP contribution >= 0.6 is 23.2 Å². The van der Waals surface area contributed by atoms with E-state index in [2.05, 4.69) is 5.32 Å². The molecule has 0 heterocycles. The molecule has 0 amide bonds. The standard InChI is InChI=1S/C17H14Cl2FNO4/c1-8-2-3-14(10(4-8)11(17(24)25)7-15(22)23)21-16-12(19)5-9(18)6-13(16)20/h2-6,11,21H,7H2,1H3,(H,22,23)(H,24,25). The first-order chi connectivity index (χ1) is 11.7. The average molecular weight is 386 g/mol. The van der Waals surface area contributed by atoms with Gasteiger partial charge < -0.3 is 15.5 Å². The molecule has 0 saturated carbocycles. The Morgan fingerprint density at radius 1 is 1.20 bits per heavy atom. The molecule has 0 aliphatic carbocycles. The van der Waals surface area contributed by atoms with Crippen LogP contribution in [0.3, 0.4) is 0 Å². The van der Waals surface area contributed by atoms with Crippen LogP contribution in [0.15, 0.2) is 30.3 Å². The van der Waals surface area contributed by atoms with Crippen molar-refractivity contribution in [3.63, 3.8) is 0 Å². The van der Waals surface area contributed by atoms with E-state index >= 15 is 0 Å². The van der Waals surface area contributed by atoms with Gasteiger partial charge in [0, 0.05) is 10.7 Å². The zero-order valence-corrected chi connectivity index (χ0v) is 14.5. The fraction of sp³-hybridized carbons (Fsp3) is 0.176. The molecule has 2 rings (SSSR count). The minimum absolute atomic E-state index is 0.0154. The third-order valence-electron chi connectivity index (χ3n) is 3.53. The van der Waals surface area contributed by atoms with Crippen molar-refractivity contribution >= 4 is 46.5 Å². The highest BCUT2D eigenvalue weighted by atomic mass is 35.5. The van der Waals surface area contributed by atoms with Crippen LogP contribution in [0.4, 0.5) is 15.8 Å². The highest BCUT2D eigenvalue weighted by molar-refractivity contribution is 6.36. The Bertz CT molecular complexity index is 818. The average Bonchev–Trinajstić information content (AvgIpc) is 2.49. The quantitative estimate of drug-likeness (QED) is 0.662. The van der Waals surface area contributed by atoms with Crippen LogP contribution < -0.4 is 5.32 Å². The maximum atomic E-state index is 14.1. The molecule has 5 nitrogen and oxygen atoms in total. The van der Waals surface area contributed by atoms with E-state index in [1.165, 1.54) is 6.07 Å². The number of benzene rings is 2. The Labute approximate surface area is 153 Å². The molecular weight excluding hydrogens is 372 g/mol. The summed E-state index contributed by atoms with van der Waals surface area (Å²) in [5.74, 6) is -4.56. The Balaban J connectivity index is 2.52. The summed E-state index contributed by atoms with van der Waals surface area (Å²) in [6.07, 6.45) is -0.607. The van der Waals surface area contributed by atoms with Gasteiger partial charge in [0.05, 0.1) is 23.0 Å². The molecule has 0 fully saturated rings. The van der Waals surface area contributed by atoms with Crippen molar-refractivity contribution in [2.75, 3.05) is 5.32 Å². The van der Waals surface area contributed by atoms with Crippen molar-refractivity contribution in [2.24, 2.45) is 0 Å². The lowest BCUT2D eigenvalue weighted by molar-refractivity contribution is -0.145. The van der Waals surface area contributed by atoms with Crippen LogP contribution in [0.2, 0.25) is 10.0 Å². The second-order valence-corrected chi connectivity index (χ2v) is 6.29. The zero-order valence-electron chi connectivity index (χ0n) is 13.0. The molecule has 1 unspecified atom stereocenters. The Hall–Kier alpha value is -2.31. The third-order valence-corrected chi connectivity index (χ3v) is 4.04. The maximum Gasteiger partial charge on any atom is 0.311 e. The second-order valence-electron chi connectivity index (χ2n) is 5.45. The molecule has 0 spiro atoms. The van der Waals surface area contributed by atoms with E-state index in [4.69, 9.17) is 28.3 Å². The fourth-order valence-corrected chi connectivity index (χ4v) is 2.90. The van der Waals surface area contributed by atoms with Gasteiger partial charge in [-0.25, -0.2) is 4.39 Å². The molecule has 0 saturated heterocycles. The van der Waals surface area contributed by atoms with Gasteiger partial charge in [0.15, 0.2) is 0 Å². The number of hydrogen-bond donors (Lipinski definition) is 3. The lowest BCUT2D eigenvalue weighted by Crippen LogP contribution is -2.17. The Morgan fingerprint density at radius 3 is 2.44 bits per heavy atom. The van der Waals surface area contributed by atoms with Gasteiger partial charge in [0.2, 0.25) is 0 Å². The van der Waals surface area contributed by atoms with Crippen LogP contribution in [0, 0.1) is 12.7 Å². The zero-order chi connectivity index (χ0) is 18.7. The van der Waals surface area contributed by atoms with Gasteiger partial charge in [0.25, 0.3) is 0 Å². The van der Waals surface area contributed by atoms with E-state index in [0.717, 1.165) is 11.6 Å². The van der Waals surface area contributed by atoms with Gasteiger partial charge in [-0.1, -0.05) is 40.9 Å². The van der Waals surface area contributed by atoms with E-state index in [-0.39, 0.29) is 27.0 Å². The fourth-order valence-electron chi connectivity index (χ4n) is 2.39. The molecule has 132 valence electrons. The van der Waals surface area contributed by atoms with E-state index in [1.807, 2.05) is 0 Å². The first kappa shape index (κ1) is 19.0. The van der Waals surface area contributed by atoms with Crippen LogP contribution in [0.25, 0.3) is 0 Å². The maximum absolute atomic E-state index is 14.1. The van der Waals surface area contributed by atoms with Crippen LogP contribution in [-0.4, -0.2) is 22.2 Å². The predicted molar refractivity (Wildman–Crippen MR) is 93.5 cm³/mol. The summed E-state index contributed by atoms with van der Waals surface area (Å²) in [4.78, 5) is 22.5. The number of rotatable bonds is 6. The summed E-state index contributed by atoms with van der Waals surface area (Å²) in [7, 11) is 0. The van der Waals surface area contributed by atoms with E-state index in [1.54, 1.807) is 25.1 Å². The number of carboxylic acid groups (broad SMARTS) is 2. The number of carboxylic acids is 2. The molecule has 2 aromatic carbocycles. The monoisotopic (exact) mass is 385 g/mol. The largest absolute Gasteiger partial charge is 0.481 e. The van der Waals surface area contributed by atoms with Gasteiger partial charge in [0.1, 0.15) is 5.82 Å². The number of aliphatic carboxylic acids is 2. The number of anilines is 2. The van der Waals surface area contributed by atoms with Crippen molar-refractivity contribution < 1.29 is 24.2 Å². The predicted octanol–water partition coefficient (Wildman–Crippen LogP) is 4.83. The van der Waals surface area contributed by atoms with Crippen molar-refractivity contribution in [2.45, 2.75) is 19.3 Å². The SMILES string of the molecule is Cc1ccc(Nc2c(F)cc(Cl)cc2Cl)c(C(CC(=O)O)C(=O)O)c1. The molecule has 3 N–H and O–H groups in total. The summed E-state index contributed by atoms with van der Waals surface area (Å²) in [6, 6.07) is 7.19. The van der Waals surface area contributed by atoms with Gasteiger partial charge in [-0.2, -0.15) is 0 Å². The van der Waals surface area contributed by atoms with E-state index in [9.17, 15) is 19.1 Å². The van der Waals surface area contributed by atoms with Crippen molar-refractivity contribution in [3.8, 4) is 0 Å². The van der Waals surface area contributed by atoms with Crippen LogP contribution in [0.5, 0.6) is 0 Å². The number of hydrogen-bond acceptors (Lipinski definition) is 3. The molecule has 0 aromatic heterocycles. The van der Waals surface area contributed by atoms with Gasteiger partial charge >= 0.3 is 11.9 Å². The molecule has 0 aliphatic rings. The second kappa shape index (κ2) is 7.72. The van der Waals surface area contributed by atoms with Gasteiger partial charge in [-0.05, 0) is 30.7 Å². The highest BCUT2D eigenvalue weighted by Gasteiger charge is 2.26. The highest BCUT2D eigenvalue weighted by Crippen LogP contribution is 2.35. The number of carbonyl (C=O) groups is 2. The summed E-state index contributed by atoms with van der Waals surface area (Å²) in [5.41, 5.74) is 1.14. The molecule has 25 heavy (non-hydrogen) atoms. The van der Waals surface area contributed by atoms with Gasteiger partial charge in [-0.15, -0.1) is 0 Å². The molecule has 0 bridgehead atoms. The minimum atomic E-state index is -1.30. The molecule has 1 atom stereocenters. The Morgan fingerprint density at radius 2 is 1.88 bits per heavy atom. The van der Waals surface area contributed by atoms with E-state index < -0.39 is 30.1 Å². The first-order valence-electron chi connectivity index (χ1n) is 7.15. The van der Waals surface area contributed by atoms with Gasteiger partial charge in [-0.3, -0.25) is 9.59 Å². The molecule has 0 aliphatic heterocycles.